The molecular formula is C24H22ClN3O3S. The molecule has 0 unspecified atom stereocenters. The molecule has 1 heterocycles. The number of nitriles is 1. The summed E-state index contributed by atoms with van der Waals surface area (Å²) in [5, 5.41) is 11.0. The second kappa shape index (κ2) is 9.29. The lowest BCUT2D eigenvalue weighted by Gasteiger charge is -2.34. The van der Waals surface area contributed by atoms with E-state index in [1.807, 2.05) is 12.1 Å². The van der Waals surface area contributed by atoms with E-state index < -0.39 is 10.0 Å². The molecule has 3 aromatic carbocycles. The van der Waals surface area contributed by atoms with Gasteiger partial charge in [-0.05, 0) is 59.2 Å². The van der Waals surface area contributed by atoms with Crippen molar-refractivity contribution < 1.29 is 13.2 Å². The fourth-order valence-corrected chi connectivity index (χ4v) is 5.47. The molecule has 1 fully saturated rings. The lowest BCUT2D eigenvalue weighted by molar-refractivity contribution is 0.0698. The van der Waals surface area contributed by atoms with Crippen molar-refractivity contribution in [3.63, 3.8) is 0 Å². The summed E-state index contributed by atoms with van der Waals surface area (Å²) in [6, 6.07) is 19.7. The number of carbonyl (C=O) groups is 1. The first-order chi connectivity index (χ1) is 15.4. The van der Waals surface area contributed by atoms with E-state index in [0.29, 0.717) is 36.5 Å². The predicted molar refractivity (Wildman–Crippen MR) is 124 cm³/mol. The van der Waals surface area contributed by atoms with Crippen molar-refractivity contribution in [1.82, 2.24) is 9.21 Å². The first kappa shape index (κ1) is 22.3. The second-order valence-corrected chi connectivity index (χ2v) is 10.1. The Labute approximate surface area is 192 Å². The number of amides is 1. The van der Waals surface area contributed by atoms with Gasteiger partial charge >= 0.3 is 0 Å². The number of carbonyl (C=O) groups excluding carboxylic acids is 1. The number of sulfonamides is 1. The van der Waals surface area contributed by atoms with Crippen LogP contribution in [0.2, 0.25) is 5.02 Å². The minimum Gasteiger partial charge on any atom is -0.336 e. The van der Waals surface area contributed by atoms with E-state index in [1.165, 1.54) is 4.31 Å². The molecule has 1 saturated heterocycles. The number of hydrogen-bond donors (Lipinski definition) is 0. The van der Waals surface area contributed by atoms with Crippen LogP contribution in [0.15, 0.2) is 65.6 Å². The van der Waals surface area contributed by atoms with Gasteiger partial charge in [0, 0.05) is 43.2 Å². The van der Waals surface area contributed by atoms with E-state index in [1.54, 1.807) is 53.4 Å². The molecule has 1 aliphatic rings. The van der Waals surface area contributed by atoms with Crippen LogP contribution in [0.5, 0.6) is 0 Å². The van der Waals surface area contributed by atoms with E-state index in [9.17, 15) is 13.2 Å². The van der Waals surface area contributed by atoms with E-state index in [4.69, 9.17) is 16.9 Å². The van der Waals surface area contributed by atoms with E-state index in [2.05, 4.69) is 6.07 Å². The first-order valence-electron chi connectivity index (χ1n) is 10.3. The van der Waals surface area contributed by atoms with Gasteiger partial charge in [0.1, 0.15) is 0 Å². The lowest BCUT2D eigenvalue weighted by Crippen LogP contribution is -2.50. The third kappa shape index (κ3) is 4.63. The number of benzene rings is 3. The topological polar surface area (TPSA) is 81.5 Å². The highest BCUT2D eigenvalue weighted by atomic mass is 35.5. The van der Waals surface area contributed by atoms with Gasteiger partial charge in [0.15, 0.2) is 0 Å². The van der Waals surface area contributed by atoms with Crippen LogP contribution < -0.4 is 0 Å². The number of hydrogen-bond acceptors (Lipinski definition) is 4. The van der Waals surface area contributed by atoms with Crippen LogP contribution in [0.4, 0.5) is 0 Å². The van der Waals surface area contributed by atoms with Gasteiger partial charge in [-0.25, -0.2) is 8.42 Å². The Morgan fingerprint density at radius 2 is 1.59 bits per heavy atom. The van der Waals surface area contributed by atoms with Gasteiger partial charge in [0.2, 0.25) is 10.0 Å². The smallest absolute Gasteiger partial charge is 0.253 e. The Morgan fingerprint density at radius 1 is 0.938 bits per heavy atom. The molecule has 0 aliphatic carbocycles. The Kier molecular flexibility index (Phi) is 6.47. The fourth-order valence-electron chi connectivity index (χ4n) is 3.83. The van der Waals surface area contributed by atoms with Gasteiger partial charge in [-0.2, -0.15) is 9.57 Å². The average molecular weight is 468 g/mol. The molecule has 8 heteroatoms. The number of rotatable bonds is 5. The van der Waals surface area contributed by atoms with Crippen molar-refractivity contribution in [1.29, 1.82) is 5.26 Å². The molecule has 6 nitrogen and oxygen atoms in total. The van der Waals surface area contributed by atoms with Crippen LogP contribution in [0.3, 0.4) is 0 Å². The summed E-state index contributed by atoms with van der Waals surface area (Å²) in [5.41, 5.74) is 1.58. The van der Waals surface area contributed by atoms with Crippen molar-refractivity contribution in [2.24, 2.45) is 0 Å². The SMILES string of the molecule is N#CCCc1ccc(C(=O)N2CCN(S(=O)(=O)c3ccc4cc(Cl)ccc4c3)CC2)cc1. The standard InChI is InChI=1S/C24H22ClN3O3S/c25-22-9-7-21-17-23(10-8-20(21)16-22)32(30,31)28-14-12-27(13-15-28)24(29)19-5-3-18(4-6-19)2-1-11-26/h3-10,16-17H,1-2,12-15H2. The second-order valence-electron chi connectivity index (χ2n) is 7.70. The Morgan fingerprint density at radius 3 is 2.28 bits per heavy atom. The molecule has 1 aliphatic heterocycles. The van der Waals surface area contributed by atoms with Gasteiger partial charge in [-0.15, -0.1) is 0 Å². The van der Waals surface area contributed by atoms with Gasteiger partial charge in [0.05, 0.1) is 11.0 Å². The van der Waals surface area contributed by atoms with Crippen LogP contribution in [0.1, 0.15) is 22.3 Å². The zero-order valence-corrected chi connectivity index (χ0v) is 18.9. The van der Waals surface area contributed by atoms with Crippen LogP contribution in [0, 0.1) is 11.3 Å². The molecule has 0 atom stereocenters. The highest BCUT2D eigenvalue weighted by Gasteiger charge is 2.30. The fraction of sp³-hybridized carbons (Fsp3) is 0.250. The minimum atomic E-state index is -3.66. The maximum absolute atomic E-state index is 13.1. The summed E-state index contributed by atoms with van der Waals surface area (Å²) < 4.78 is 27.7. The number of fused-ring (bicyclic) bond motifs is 1. The van der Waals surface area contributed by atoms with Crippen LogP contribution in [-0.4, -0.2) is 49.7 Å². The van der Waals surface area contributed by atoms with E-state index in [-0.39, 0.29) is 23.9 Å². The number of nitrogens with zero attached hydrogens (tertiary/aromatic N) is 3. The van der Waals surface area contributed by atoms with Crippen molar-refractivity contribution in [2.45, 2.75) is 17.7 Å². The third-order valence-corrected chi connectivity index (χ3v) is 7.79. The molecule has 0 saturated carbocycles. The van der Waals surface area contributed by atoms with Gasteiger partial charge in [-0.1, -0.05) is 35.9 Å². The van der Waals surface area contributed by atoms with E-state index >= 15 is 0 Å². The van der Waals surface area contributed by atoms with Gasteiger partial charge in [0.25, 0.3) is 5.91 Å². The molecule has 0 N–H and O–H groups in total. The molecule has 1 amide bonds. The number of piperazine rings is 1. The van der Waals surface area contributed by atoms with Crippen LogP contribution >= 0.6 is 11.6 Å². The quantitative estimate of drug-likeness (QED) is 0.565. The van der Waals surface area contributed by atoms with Crippen molar-refractivity contribution >= 4 is 38.3 Å². The summed E-state index contributed by atoms with van der Waals surface area (Å²) >= 11 is 6.01. The minimum absolute atomic E-state index is 0.114. The molecule has 3 aromatic rings. The molecule has 164 valence electrons. The molecule has 0 aromatic heterocycles. The Balaban J connectivity index is 1.43. The number of halogens is 1. The lowest BCUT2D eigenvalue weighted by atomic mass is 10.1. The van der Waals surface area contributed by atoms with Gasteiger partial charge < -0.3 is 4.90 Å². The first-order valence-corrected chi connectivity index (χ1v) is 12.1. The number of aryl methyl sites for hydroxylation is 1. The third-order valence-electron chi connectivity index (χ3n) is 5.66. The van der Waals surface area contributed by atoms with Crippen LogP contribution in [-0.2, 0) is 16.4 Å². The molecular weight excluding hydrogens is 446 g/mol. The molecule has 0 bridgehead atoms. The maximum Gasteiger partial charge on any atom is 0.253 e. The largest absolute Gasteiger partial charge is 0.336 e. The van der Waals surface area contributed by atoms with Crippen molar-refractivity contribution in [2.75, 3.05) is 26.2 Å². The highest BCUT2D eigenvalue weighted by Crippen LogP contribution is 2.25. The summed E-state index contributed by atoms with van der Waals surface area (Å²) in [6.07, 6.45) is 1.10. The normalized spacial score (nSPS) is 14.9. The Bertz CT molecular complexity index is 1290. The summed E-state index contributed by atoms with van der Waals surface area (Å²) in [4.78, 5) is 14.7. The highest BCUT2D eigenvalue weighted by molar-refractivity contribution is 7.89. The van der Waals surface area contributed by atoms with Crippen molar-refractivity contribution in [3.05, 3.63) is 76.8 Å². The molecule has 32 heavy (non-hydrogen) atoms. The zero-order valence-electron chi connectivity index (χ0n) is 17.4. The average Bonchev–Trinajstić information content (AvgIpc) is 2.82. The molecule has 0 radical (unpaired) electrons. The Hall–Kier alpha value is -2.92. The summed E-state index contributed by atoms with van der Waals surface area (Å²) in [7, 11) is -3.66. The predicted octanol–water partition coefficient (Wildman–Crippen LogP) is 4.10. The summed E-state index contributed by atoms with van der Waals surface area (Å²) in [6.45, 7) is 1.15. The van der Waals surface area contributed by atoms with Crippen molar-refractivity contribution in [3.8, 4) is 6.07 Å². The van der Waals surface area contributed by atoms with E-state index in [0.717, 1.165) is 16.3 Å². The molecule has 4 rings (SSSR count). The monoisotopic (exact) mass is 467 g/mol. The molecule has 0 spiro atoms. The maximum atomic E-state index is 13.1. The summed E-state index contributed by atoms with van der Waals surface area (Å²) in [5.74, 6) is -0.114. The van der Waals surface area contributed by atoms with Crippen LogP contribution in [0.25, 0.3) is 10.8 Å². The van der Waals surface area contributed by atoms with Gasteiger partial charge in [-0.3, -0.25) is 4.79 Å². The zero-order chi connectivity index (χ0) is 22.7.